The summed E-state index contributed by atoms with van der Waals surface area (Å²) in [5.74, 6) is -0.248. The normalized spacial score (nSPS) is 16.0. The summed E-state index contributed by atoms with van der Waals surface area (Å²) in [6.07, 6.45) is -3.35. The Kier molecular flexibility index (Phi) is 5.04. The van der Waals surface area contributed by atoms with Crippen LogP contribution in [0.15, 0.2) is 60.1 Å². The molecule has 4 rings (SSSR count). The van der Waals surface area contributed by atoms with E-state index in [2.05, 4.69) is 20.7 Å². The van der Waals surface area contributed by atoms with E-state index in [4.69, 9.17) is 0 Å². The molecule has 9 heteroatoms. The Morgan fingerprint density at radius 1 is 1.13 bits per heavy atom. The van der Waals surface area contributed by atoms with Gasteiger partial charge in [0.25, 0.3) is 5.91 Å². The highest BCUT2D eigenvalue weighted by molar-refractivity contribution is 6.06. The molecule has 1 aliphatic heterocycles. The van der Waals surface area contributed by atoms with Gasteiger partial charge in [0.15, 0.2) is 0 Å². The number of hydrogen-bond acceptors (Lipinski definition) is 4. The third kappa shape index (κ3) is 3.78. The molecule has 2 N–H and O–H groups in total. The van der Waals surface area contributed by atoms with Gasteiger partial charge in [0.2, 0.25) is 5.95 Å². The van der Waals surface area contributed by atoms with Crippen LogP contribution in [0.5, 0.6) is 0 Å². The molecular weight excluding hydrogens is 407 g/mol. The Bertz CT molecular complexity index is 1200. The number of aryl methyl sites for hydroxylation is 2. The van der Waals surface area contributed by atoms with Crippen LogP contribution in [0.3, 0.4) is 0 Å². The van der Waals surface area contributed by atoms with E-state index < -0.39 is 23.7 Å². The first-order chi connectivity index (χ1) is 14.7. The minimum absolute atomic E-state index is 0.0756. The van der Waals surface area contributed by atoms with E-state index in [0.29, 0.717) is 11.4 Å². The lowest BCUT2D eigenvalue weighted by atomic mass is 9.91. The molecule has 1 aliphatic rings. The van der Waals surface area contributed by atoms with Gasteiger partial charge in [-0.15, -0.1) is 0 Å². The zero-order chi connectivity index (χ0) is 22.3. The molecule has 2 aromatic carbocycles. The van der Waals surface area contributed by atoms with Crippen molar-refractivity contribution >= 4 is 17.5 Å². The molecule has 160 valence electrons. The summed E-state index contributed by atoms with van der Waals surface area (Å²) in [7, 11) is 0. The SMILES string of the molecule is CC1=C(C(=O)Nc2ccc(C)cc2C)C(c2ccccc2C(F)(F)F)n2ncnc2N1. The van der Waals surface area contributed by atoms with Crippen LogP contribution in [0.25, 0.3) is 0 Å². The Hall–Kier alpha value is -3.62. The van der Waals surface area contributed by atoms with Crippen LogP contribution in [0, 0.1) is 13.8 Å². The van der Waals surface area contributed by atoms with Crippen molar-refractivity contribution < 1.29 is 18.0 Å². The van der Waals surface area contributed by atoms with Crippen molar-refractivity contribution in [3.8, 4) is 0 Å². The highest BCUT2D eigenvalue weighted by atomic mass is 19.4. The molecule has 31 heavy (non-hydrogen) atoms. The minimum Gasteiger partial charge on any atom is -0.328 e. The minimum atomic E-state index is -4.59. The summed E-state index contributed by atoms with van der Waals surface area (Å²) >= 11 is 0. The van der Waals surface area contributed by atoms with Crippen LogP contribution >= 0.6 is 0 Å². The van der Waals surface area contributed by atoms with Crippen LogP contribution in [0.1, 0.15) is 35.2 Å². The van der Waals surface area contributed by atoms with Crippen molar-refractivity contribution in [1.82, 2.24) is 14.8 Å². The number of nitrogens with one attached hydrogen (secondary N) is 2. The van der Waals surface area contributed by atoms with Crippen molar-refractivity contribution in [2.24, 2.45) is 0 Å². The van der Waals surface area contributed by atoms with E-state index >= 15 is 0 Å². The second-order valence-electron chi connectivity index (χ2n) is 7.45. The largest absolute Gasteiger partial charge is 0.416 e. The maximum Gasteiger partial charge on any atom is 0.416 e. The second-order valence-corrected chi connectivity index (χ2v) is 7.45. The van der Waals surface area contributed by atoms with Gasteiger partial charge < -0.3 is 10.6 Å². The average molecular weight is 427 g/mol. The molecule has 0 fully saturated rings. The fourth-order valence-electron chi connectivity index (χ4n) is 3.81. The first kappa shape index (κ1) is 20.6. The van der Waals surface area contributed by atoms with E-state index in [1.165, 1.54) is 29.2 Å². The zero-order valence-electron chi connectivity index (χ0n) is 17.1. The number of hydrogen-bond donors (Lipinski definition) is 2. The number of carbonyl (C=O) groups excluding carboxylic acids is 1. The summed E-state index contributed by atoms with van der Waals surface area (Å²) in [6, 6.07) is 9.65. The topological polar surface area (TPSA) is 71.8 Å². The number of halogens is 3. The summed E-state index contributed by atoms with van der Waals surface area (Å²) in [6.45, 7) is 5.43. The predicted molar refractivity (Wildman–Crippen MR) is 110 cm³/mol. The van der Waals surface area contributed by atoms with E-state index in [9.17, 15) is 18.0 Å². The van der Waals surface area contributed by atoms with Crippen LogP contribution in [0.4, 0.5) is 24.8 Å². The van der Waals surface area contributed by atoms with E-state index in [1.807, 2.05) is 26.0 Å². The zero-order valence-corrected chi connectivity index (χ0v) is 17.1. The van der Waals surface area contributed by atoms with Gasteiger partial charge >= 0.3 is 6.18 Å². The quantitative estimate of drug-likeness (QED) is 0.627. The smallest absolute Gasteiger partial charge is 0.328 e. The summed E-state index contributed by atoms with van der Waals surface area (Å²) in [5.41, 5.74) is 2.11. The molecule has 0 saturated carbocycles. The van der Waals surface area contributed by atoms with Gasteiger partial charge in [-0.2, -0.15) is 23.3 Å². The number of benzene rings is 2. The number of anilines is 2. The molecule has 1 aromatic heterocycles. The van der Waals surface area contributed by atoms with Gasteiger partial charge in [-0.1, -0.05) is 35.9 Å². The molecule has 6 nitrogen and oxygen atoms in total. The maximum absolute atomic E-state index is 13.8. The highest BCUT2D eigenvalue weighted by Gasteiger charge is 2.40. The van der Waals surface area contributed by atoms with Crippen LogP contribution < -0.4 is 10.6 Å². The van der Waals surface area contributed by atoms with Gasteiger partial charge in [-0.25, -0.2) is 4.68 Å². The Labute approximate surface area is 176 Å². The lowest BCUT2D eigenvalue weighted by molar-refractivity contribution is -0.138. The fourth-order valence-corrected chi connectivity index (χ4v) is 3.81. The number of carbonyl (C=O) groups is 1. The fraction of sp³-hybridized carbons (Fsp3) is 0.227. The van der Waals surface area contributed by atoms with Gasteiger partial charge in [0.1, 0.15) is 12.4 Å². The third-order valence-corrected chi connectivity index (χ3v) is 5.23. The number of aromatic nitrogens is 3. The molecule has 1 amide bonds. The lowest BCUT2D eigenvalue weighted by Gasteiger charge is -2.30. The maximum atomic E-state index is 13.8. The molecule has 0 bridgehead atoms. The van der Waals surface area contributed by atoms with Crippen molar-refractivity contribution in [3.05, 3.63) is 82.3 Å². The number of nitrogens with zero attached hydrogens (tertiary/aromatic N) is 3. The number of rotatable bonds is 3. The number of fused-ring (bicyclic) bond motifs is 1. The second kappa shape index (κ2) is 7.57. The van der Waals surface area contributed by atoms with Crippen LogP contribution in [-0.2, 0) is 11.0 Å². The van der Waals surface area contributed by atoms with Crippen LogP contribution in [-0.4, -0.2) is 20.7 Å². The molecule has 0 aliphatic carbocycles. The van der Waals surface area contributed by atoms with Gasteiger partial charge in [-0.05, 0) is 44.0 Å². The predicted octanol–water partition coefficient (Wildman–Crippen LogP) is 4.84. The van der Waals surface area contributed by atoms with E-state index in [1.54, 1.807) is 13.0 Å². The molecular formula is C22H20F3N5O. The molecule has 2 heterocycles. The lowest BCUT2D eigenvalue weighted by Crippen LogP contribution is -2.32. The van der Waals surface area contributed by atoms with E-state index in [0.717, 1.165) is 17.2 Å². The van der Waals surface area contributed by atoms with Crippen molar-refractivity contribution in [2.45, 2.75) is 33.0 Å². The molecule has 0 spiro atoms. The van der Waals surface area contributed by atoms with Crippen molar-refractivity contribution in [2.75, 3.05) is 10.6 Å². The monoisotopic (exact) mass is 427 g/mol. The summed E-state index contributed by atoms with van der Waals surface area (Å²) in [5, 5.41) is 9.91. The Morgan fingerprint density at radius 2 is 1.87 bits per heavy atom. The van der Waals surface area contributed by atoms with Gasteiger partial charge in [0.05, 0.1) is 11.1 Å². The Morgan fingerprint density at radius 3 is 2.58 bits per heavy atom. The number of amides is 1. The average Bonchev–Trinajstić information content (AvgIpc) is 3.16. The van der Waals surface area contributed by atoms with Gasteiger partial charge in [0, 0.05) is 11.4 Å². The number of alkyl halides is 3. The van der Waals surface area contributed by atoms with Gasteiger partial charge in [-0.3, -0.25) is 4.79 Å². The molecule has 3 aromatic rings. The third-order valence-electron chi connectivity index (χ3n) is 5.23. The van der Waals surface area contributed by atoms with E-state index in [-0.39, 0.29) is 17.1 Å². The number of allylic oxidation sites excluding steroid dienone is 1. The standard InChI is InChI=1S/C22H20F3N5O/c1-12-8-9-17(13(2)10-12)29-20(31)18-14(3)28-21-26-11-27-30(21)19(18)15-6-4-5-7-16(15)22(23,24)25/h4-11,19H,1-3H3,(H,29,31)(H,26,27,28). The first-order valence-electron chi connectivity index (χ1n) is 9.59. The first-order valence-corrected chi connectivity index (χ1v) is 9.59. The summed E-state index contributed by atoms with van der Waals surface area (Å²) < 4.78 is 42.7. The molecule has 1 unspecified atom stereocenters. The molecule has 0 radical (unpaired) electrons. The molecule has 0 saturated heterocycles. The summed E-state index contributed by atoms with van der Waals surface area (Å²) in [4.78, 5) is 17.4. The molecule has 1 atom stereocenters. The van der Waals surface area contributed by atoms with Crippen molar-refractivity contribution in [1.29, 1.82) is 0 Å². The van der Waals surface area contributed by atoms with Crippen molar-refractivity contribution in [3.63, 3.8) is 0 Å². The Balaban J connectivity index is 1.83. The highest BCUT2D eigenvalue weighted by Crippen LogP contribution is 2.41. The van der Waals surface area contributed by atoms with Crippen LogP contribution in [0.2, 0.25) is 0 Å².